The fraction of sp³-hybridized carbons (Fsp3) is 0.231. The van der Waals surface area contributed by atoms with Crippen LogP contribution >= 0.6 is 9.90 Å². The topological polar surface area (TPSA) is 77.8 Å². The second-order valence-electron chi connectivity index (χ2n) is 4.19. The minimum atomic E-state index is -1.23. The Morgan fingerprint density at radius 2 is 2.00 bits per heavy atom. The van der Waals surface area contributed by atoms with Gasteiger partial charge in [-0.1, -0.05) is 0 Å². The van der Waals surface area contributed by atoms with Crippen molar-refractivity contribution in [2.24, 2.45) is 0 Å². The van der Waals surface area contributed by atoms with Crippen molar-refractivity contribution in [2.45, 2.75) is 13.5 Å². The summed E-state index contributed by atoms with van der Waals surface area (Å²) in [5, 5.41) is 9.39. The first kappa shape index (κ1) is 14.3. The van der Waals surface area contributed by atoms with E-state index in [1.807, 2.05) is 6.92 Å². The fourth-order valence-electron chi connectivity index (χ4n) is 2.19. The van der Waals surface area contributed by atoms with E-state index in [4.69, 9.17) is 14.6 Å². The fourth-order valence-corrected chi connectivity index (χ4v) is 2.19. The van der Waals surface area contributed by atoms with Crippen molar-refractivity contribution in [1.82, 2.24) is 4.57 Å². The number of aryl methyl sites for hydroxylation is 1. The van der Waals surface area contributed by atoms with Crippen LogP contribution in [0.5, 0.6) is 11.5 Å². The van der Waals surface area contributed by atoms with Crippen molar-refractivity contribution >= 4 is 26.8 Å². The average molecular weight is 295 g/mol. The second-order valence-corrected chi connectivity index (χ2v) is 4.19. The minimum Gasteiger partial charge on any atom is -0.477 e. The number of carbonyl (C=O) groups is 1. The number of pyridine rings is 1. The van der Waals surface area contributed by atoms with E-state index < -0.39 is 11.4 Å². The Balaban J connectivity index is 0.00000147. The van der Waals surface area contributed by atoms with Crippen LogP contribution in [0.25, 0.3) is 10.9 Å². The number of benzene rings is 1. The number of nitrogens with zero attached hydrogens (tertiary/aromatic N) is 1. The third kappa shape index (κ3) is 2.02. The summed E-state index contributed by atoms with van der Waals surface area (Å²) in [6, 6.07) is 3.24. The Labute approximate surface area is 117 Å². The van der Waals surface area contributed by atoms with Crippen LogP contribution in [0.1, 0.15) is 17.3 Å². The van der Waals surface area contributed by atoms with Crippen LogP contribution in [-0.2, 0) is 6.54 Å². The van der Waals surface area contributed by atoms with Crippen LogP contribution in [0.15, 0.2) is 23.1 Å². The highest BCUT2D eigenvalue weighted by Crippen LogP contribution is 2.35. The third-order valence-electron chi connectivity index (χ3n) is 3.15. The maximum absolute atomic E-state index is 12.1. The Kier molecular flexibility index (Phi) is 3.68. The Morgan fingerprint density at radius 3 is 2.60 bits per heavy atom. The van der Waals surface area contributed by atoms with Gasteiger partial charge in [-0.15, -0.1) is 0 Å². The van der Waals surface area contributed by atoms with Crippen LogP contribution in [0.2, 0.25) is 0 Å². The Bertz CT molecular complexity index is 752. The SMILES string of the molecule is CCn1cc(C(=O)O)c(=O)c2cc3c(cc21)OCO3.P. The van der Waals surface area contributed by atoms with Crippen LogP contribution in [-0.4, -0.2) is 22.4 Å². The van der Waals surface area contributed by atoms with E-state index in [-0.39, 0.29) is 22.3 Å². The van der Waals surface area contributed by atoms with Crippen LogP contribution in [0.4, 0.5) is 0 Å². The third-order valence-corrected chi connectivity index (χ3v) is 3.15. The smallest absolute Gasteiger partial charge is 0.341 e. The molecule has 0 spiro atoms. The number of carboxylic acids is 1. The van der Waals surface area contributed by atoms with Crippen LogP contribution in [0.3, 0.4) is 0 Å². The first-order chi connectivity index (χ1) is 9.11. The minimum absolute atomic E-state index is 0. The lowest BCUT2D eigenvalue weighted by Gasteiger charge is -2.10. The molecule has 1 N–H and O–H groups in total. The number of hydrogen-bond donors (Lipinski definition) is 1. The predicted molar refractivity (Wildman–Crippen MR) is 78.1 cm³/mol. The standard InChI is InChI=1S/C13H11NO5.H3P/c1-2-14-5-8(13(16)17)12(15)7-3-10-11(4-9(7)14)19-6-18-10;/h3-5H,2,6H2,1H3,(H,16,17);1H3. The Morgan fingerprint density at radius 1 is 1.35 bits per heavy atom. The molecular weight excluding hydrogens is 281 g/mol. The molecule has 1 aliphatic rings. The van der Waals surface area contributed by atoms with Gasteiger partial charge in [-0.05, 0) is 13.0 Å². The predicted octanol–water partition coefficient (Wildman–Crippen LogP) is 1.51. The summed E-state index contributed by atoms with van der Waals surface area (Å²) in [7, 11) is 0. The van der Waals surface area contributed by atoms with Gasteiger partial charge in [0.25, 0.3) is 0 Å². The molecule has 106 valence electrons. The molecule has 0 radical (unpaired) electrons. The summed E-state index contributed by atoms with van der Waals surface area (Å²) < 4.78 is 12.2. The summed E-state index contributed by atoms with van der Waals surface area (Å²) in [6.07, 6.45) is 1.36. The summed E-state index contributed by atoms with van der Waals surface area (Å²) >= 11 is 0. The van der Waals surface area contributed by atoms with Gasteiger partial charge in [0.05, 0.1) is 10.9 Å². The molecule has 2 heterocycles. The van der Waals surface area contributed by atoms with E-state index in [2.05, 4.69) is 0 Å². The number of hydrogen-bond acceptors (Lipinski definition) is 4. The monoisotopic (exact) mass is 295 g/mol. The molecule has 6 nitrogen and oxygen atoms in total. The van der Waals surface area contributed by atoms with Crippen LogP contribution < -0.4 is 14.9 Å². The van der Waals surface area contributed by atoms with Crippen molar-refractivity contribution in [3.8, 4) is 11.5 Å². The van der Waals surface area contributed by atoms with E-state index in [1.165, 1.54) is 6.20 Å². The molecule has 7 heteroatoms. The van der Waals surface area contributed by atoms with Gasteiger partial charge in [-0.3, -0.25) is 4.79 Å². The highest BCUT2D eigenvalue weighted by Gasteiger charge is 2.20. The second kappa shape index (κ2) is 5.13. The van der Waals surface area contributed by atoms with Crippen molar-refractivity contribution in [2.75, 3.05) is 6.79 Å². The summed E-state index contributed by atoms with van der Waals surface area (Å²) in [4.78, 5) is 23.2. The molecular formula is C13H14NO5P. The lowest BCUT2D eigenvalue weighted by molar-refractivity contribution is 0.0695. The normalized spacial score (nSPS) is 12.2. The quantitative estimate of drug-likeness (QED) is 0.850. The largest absolute Gasteiger partial charge is 0.477 e. The van der Waals surface area contributed by atoms with Gasteiger partial charge in [0.1, 0.15) is 5.56 Å². The molecule has 3 rings (SSSR count). The first-order valence-electron chi connectivity index (χ1n) is 5.82. The molecule has 1 aliphatic heterocycles. The summed E-state index contributed by atoms with van der Waals surface area (Å²) in [5.74, 6) is -0.196. The molecule has 0 aliphatic carbocycles. The lowest BCUT2D eigenvalue weighted by atomic mass is 10.1. The van der Waals surface area contributed by atoms with Gasteiger partial charge in [0.2, 0.25) is 12.2 Å². The zero-order chi connectivity index (χ0) is 13.6. The zero-order valence-electron chi connectivity index (χ0n) is 10.9. The number of rotatable bonds is 2. The molecule has 1 aromatic heterocycles. The van der Waals surface area contributed by atoms with Gasteiger partial charge >= 0.3 is 5.97 Å². The van der Waals surface area contributed by atoms with Crippen molar-refractivity contribution < 1.29 is 19.4 Å². The van der Waals surface area contributed by atoms with E-state index in [0.717, 1.165) is 0 Å². The van der Waals surface area contributed by atoms with Crippen molar-refractivity contribution in [1.29, 1.82) is 0 Å². The number of carboxylic acid groups (broad SMARTS) is 1. The number of aromatic nitrogens is 1. The van der Waals surface area contributed by atoms with E-state index in [9.17, 15) is 9.59 Å². The van der Waals surface area contributed by atoms with Gasteiger partial charge in [-0.2, -0.15) is 9.90 Å². The van der Waals surface area contributed by atoms with E-state index in [1.54, 1.807) is 16.7 Å². The van der Waals surface area contributed by atoms with Gasteiger partial charge in [0, 0.05) is 18.8 Å². The van der Waals surface area contributed by atoms with E-state index in [0.29, 0.717) is 28.9 Å². The number of ether oxygens (including phenoxy) is 2. The molecule has 1 aromatic carbocycles. The molecule has 0 saturated carbocycles. The summed E-state index contributed by atoms with van der Waals surface area (Å²) in [5.41, 5.74) is -0.111. The molecule has 2 aromatic rings. The highest BCUT2D eigenvalue weighted by molar-refractivity contribution is 6.92. The maximum atomic E-state index is 12.1. The van der Waals surface area contributed by atoms with Crippen molar-refractivity contribution in [3.05, 3.63) is 34.1 Å². The number of aromatic carboxylic acids is 1. The molecule has 1 atom stereocenters. The molecule has 0 saturated heterocycles. The molecule has 0 bridgehead atoms. The average Bonchev–Trinajstić information content (AvgIpc) is 2.84. The zero-order valence-corrected chi connectivity index (χ0v) is 12.3. The summed E-state index contributed by atoms with van der Waals surface area (Å²) in [6.45, 7) is 2.54. The van der Waals surface area contributed by atoms with Gasteiger partial charge < -0.3 is 19.1 Å². The van der Waals surface area contributed by atoms with Crippen molar-refractivity contribution in [3.63, 3.8) is 0 Å². The Hall–Kier alpha value is -2.07. The van der Waals surface area contributed by atoms with Crippen LogP contribution in [0, 0.1) is 0 Å². The first-order valence-corrected chi connectivity index (χ1v) is 5.82. The highest BCUT2D eigenvalue weighted by atomic mass is 31.0. The van der Waals surface area contributed by atoms with Gasteiger partial charge in [-0.25, -0.2) is 4.79 Å². The maximum Gasteiger partial charge on any atom is 0.341 e. The van der Waals surface area contributed by atoms with E-state index >= 15 is 0 Å². The number of fused-ring (bicyclic) bond motifs is 2. The molecule has 1 unspecified atom stereocenters. The molecule has 20 heavy (non-hydrogen) atoms. The molecule has 0 amide bonds. The van der Waals surface area contributed by atoms with Gasteiger partial charge in [0.15, 0.2) is 11.5 Å². The molecule has 0 fully saturated rings. The lowest BCUT2D eigenvalue weighted by Crippen LogP contribution is -2.18.